The molecule has 2 aliphatic heterocycles. The first kappa shape index (κ1) is 12.8. The Balaban J connectivity index is 1.52. The molecule has 3 rings (SSSR count). The van der Waals surface area contributed by atoms with Crippen LogP contribution in [0.5, 0.6) is 0 Å². The van der Waals surface area contributed by atoms with Gasteiger partial charge < -0.3 is 20.3 Å². The molecule has 1 atom stereocenters. The van der Waals surface area contributed by atoms with Crippen LogP contribution in [-0.2, 0) is 4.74 Å². The SMILES string of the molecule is c1cc(N2CCOCC2)ccc1NCC1CCCN1. The van der Waals surface area contributed by atoms with Crippen molar-refractivity contribution >= 4 is 11.4 Å². The number of nitrogens with zero attached hydrogens (tertiary/aromatic N) is 1. The van der Waals surface area contributed by atoms with E-state index in [0.29, 0.717) is 6.04 Å². The monoisotopic (exact) mass is 261 g/mol. The summed E-state index contributed by atoms with van der Waals surface area (Å²) in [6.07, 6.45) is 2.60. The fourth-order valence-electron chi connectivity index (χ4n) is 2.78. The lowest BCUT2D eigenvalue weighted by Gasteiger charge is -2.29. The molecule has 0 radical (unpaired) electrons. The summed E-state index contributed by atoms with van der Waals surface area (Å²) in [7, 11) is 0. The van der Waals surface area contributed by atoms with E-state index < -0.39 is 0 Å². The molecule has 4 heteroatoms. The van der Waals surface area contributed by atoms with Crippen molar-refractivity contribution < 1.29 is 4.74 Å². The molecule has 2 heterocycles. The van der Waals surface area contributed by atoms with Gasteiger partial charge in [-0.2, -0.15) is 0 Å². The van der Waals surface area contributed by atoms with Crippen LogP contribution < -0.4 is 15.5 Å². The van der Waals surface area contributed by atoms with Crippen LogP contribution in [0.15, 0.2) is 24.3 Å². The Hall–Kier alpha value is -1.26. The van der Waals surface area contributed by atoms with Crippen LogP contribution in [0.1, 0.15) is 12.8 Å². The van der Waals surface area contributed by atoms with Crippen LogP contribution in [-0.4, -0.2) is 45.4 Å². The fourth-order valence-corrected chi connectivity index (χ4v) is 2.78. The van der Waals surface area contributed by atoms with Gasteiger partial charge in [-0.25, -0.2) is 0 Å². The zero-order valence-corrected chi connectivity index (χ0v) is 11.4. The molecule has 1 aromatic rings. The molecule has 2 N–H and O–H groups in total. The van der Waals surface area contributed by atoms with Gasteiger partial charge in [0.05, 0.1) is 13.2 Å². The molecule has 0 aromatic heterocycles. The number of anilines is 2. The summed E-state index contributed by atoms with van der Waals surface area (Å²) in [5.74, 6) is 0. The molecule has 1 unspecified atom stereocenters. The number of rotatable bonds is 4. The quantitative estimate of drug-likeness (QED) is 0.865. The summed E-state index contributed by atoms with van der Waals surface area (Å²) >= 11 is 0. The smallest absolute Gasteiger partial charge is 0.0642 e. The third-order valence-electron chi connectivity index (χ3n) is 3.96. The van der Waals surface area contributed by atoms with E-state index in [2.05, 4.69) is 39.8 Å². The average molecular weight is 261 g/mol. The van der Waals surface area contributed by atoms with Crippen molar-refractivity contribution in [3.63, 3.8) is 0 Å². The van der Waals surface area contributed by atoms with E-state index in [9.17, 15) is 0 Å². The van der Waals surface area contributed by atoms with Gasteiger partial charge in [-0.3, -0.25) is 0 Å². The highest BCUT2D eigenvalue weighted by molar-refractivity contribution is 5.55. The third kappa shape index (κ3) is 3.39. The van der Waals surface area contributed by atoms with Crippen LogP contribution in [0.4, 0.5) is 11.4 Å². The van der Waals surface area contributed by atoms with Crippen LogP contribution in [0.2, 0.25) is 0 Å². The number of ether oxygens (including phenoxy) is 1. The van der Waals surface area contributed by atoms with Gasteiger partial charge in [0, 0.05) is 37.1 Å². The van der Waals surface area contributed by atoms with Gasteiger partial charge in [0.25, 0.3) is 0 Å². The van der Waals surface area contributed by atoms with Crippen molar-refractivity contribution in [3.05, 3.63) is 24.3 Å². The van der Waals surface area contributed by atoms with E-state index >= 15 is 0 Å². The van der Waals surface area contributed by atoms with E-state index in [1.165, 1.54) is 30.8 Å². The van der Waals surface area contributed by atoms with E-state index in [-0.39, 0.29) is 0 Å². The van der Waals surface area contributed by atoms with Crippen LogP contribution in [0, 0.1) is 0 Å². The van der Waals surface area contributed by atoms with E-state index in [1.54, 1.807) is 0 Å². The van der Waals surface area contributed by atoms with Gasteiger partial charge in [-0.05, 0) is 43.7 Å². The number of hydrogen-bond donors (Lipinski definition) is 2. The Morgan fingerprint density at radius 3 is 2.68 bits per heavy atom. The van der Waals surface area contributed by atoms with Crippen LogP contribution in [0.25, 0.3) is 0 Å². The zero-order chi connectivity index (χ0) is 12.9. The Bertz CT molecular complexity index is 381. The van der Waals surface area contributed by atoms with Crippen molar-refractivity contribution in [2.45, 2.75) is 18.9 Å². The first-order valence-corrected chi connectivity index (χ1v) is 7.32. The maximum Gasteiger partial charge on any atom is 0.0642 e. The molecule has 0 bridgehead atoms. The molecule has 19 heavy (non-hydrogen) atoms. The van der Waals surface area contributed by atoms with Gasteiger partial charge in [0.1, 0.15) is 0 Å². The zero-order valence-electron chi connectivity index (χ0n) is 11.4. The minimum Gasteiger partial charge on any atom is -0.383 e. The molecule has 1 aromatic carbocycles. The number of morpholine rings is 1. The highest BCUT2D eigenvalue weighted by Crippen LogP contribution is 2.19. The molecule has 0 aliphatic carbocycles. The Morgan fingerprint density at radius 1 is 1.21 bits per heavy atom. The lowest BCUT2D eigenvalue weighted by atomic mass is 10.2. The minimum atomic E-state index is 0.638. The second kappa shape index (κ2) is 6.26. The molecule has 0 saturated carbocycles. The van der Waals surface area contributed by atoms with Gasteiger partial charge in [0.2, 0.25) is 0 Å². The predicted octanol–water partition coefficient (Wildman–Crippen LogP) is 1.69. The van der Waals surface area contributed by atoms with Crippen molar-refractivity contribution in [1.82, 2.24) is 5.32 Å². The standard InChI is InChI=1S/C15H23N3O/c1-2-14(16-7-1)12-17-13-3-5-15(6-4-13)18-8-10-19-11-9-18/h3-6,14,16-17H,1-2,7-12H2. The Morgan fingerprint density at radius 2 is 2.00 bits per heavy atom. The highest BCUT2D eigenvalue weighted by atomic mass is 16.5. The maximum atomic E-state index is 5.38. The lowest BCUT2D eigenvalue weighted by Crippen LogP contribution is -2.36. The summed E-state index contributed by atoms with van der Waals surface area (Å²) in [6, 6.07) is 9.41. The molecular formula is C15H23N3O. The van der Waals surface area contributed by atoms with E-state index in [0.717, 1.165) is 32.8 Å². The summed E-state index contributed by atoms with van der Waals surface area (Å²) < 4.78 is 5.38. The van der Waals surface area contributed by atoms with Gasteiger partial charge in [-0.1, -0.05) is 0 Å². The summed E-state index contributed by atoms with van der Waals surface area (Å²) in [5.41, 5.74) is 2.51. The highest BCUT2D eigenvalue weighted by Gasteiger charge is 2.13. The second-order valence-electron chi connectivity index (χ2n) is 5.32. The van der Waals surface area contributed by atoms with Crippen molar-refractivity contribution in [3.8, 4) is 0 Å². The summed E-state index contributed by atoms with van der Waals surface area (Å²) in [5, 5.41) is 7.02. The first-order chi connectivity index (χ1) is 9.42. The fraction of sp³-hybridized carbons (Fsp3) is 0.600. The minimum absolute atomic E-state index is 0.638. The molecule has 104 valence electrons. The average Bonchev–Trinajstić information content (AvgIpc) is 3.00. The maximum absolute atomic E-state index is 5.38. The van der Waals surface area contributed by atoms with Crippen LogP contribution >= 0.6 is 0 Å². The molecule has 2 fully saturated rings. The lowest BCUT2D eigenvalue weighted by molar-refractivity contribution is 0.122. The summed E-state index contributed by atoms with van der Waals surface area (Å²) in [6.45, 7) is 5.87. The Kier molecular flexibility index (Phi) is 4.20. The van der Waals surface area contributed by atoms with Crippen molar-refractivity contribution in [1.29, 1.82) is 0 Å². The van der Waals surface area contributed by atoms with Crippen molar-refractivity contribution in [2.24, 2.45) is 0 Å². The molecule has 0 amide bonds. The molecule has 2 aliphatic rings. The number of benzene rings is 1. The summed E-state index contributed by atoms with van der Waals surface area (Å²) in [4.78, 5) is 2.38. The van der Waals surface area contributed by atoms with E-state index in [4.69, 9.17) is 4.74 Å². The topological polar surface area (TPSA) is 36.5 Å². The van der Waals surface area contributed by atoms with Crippen LogP contribution in [0.3, 0.4) is 0 Å². The second-order valence-corrected chi connectivity index (χ2v) is 5.32. The molecule has 2 saturated heterocycles. The molecule has 0 spiro atoms. The largest absolute Gasteiger partial charge is 0.383 e. The number of nitrogens with one attached hydrogen (secondary N) is 2. The Labute approximate surface area is 115 Å². The van der Waals surface area contributed by atoms with Gasteiger partial charge in [0.15, 0.2) is 0 Å². The predicted molar refractivity (Wildman–Crippen MR) is 79.0 cm³/mol. The third-order valence-corrected chi connectivity index (χ3v) is 3.96. The molecule has 4 nitrogen and oxygen atoms in total. The number of hydrogen-bond acceptors (Lipinski definition) is 4. The van der Waals surface area contributed by atoms with Gasteiger partial charge >= 0.3 is 0 Å². The van der Waals surface area contributed by atoms with Gasteiger partial charge in [-0.15, -0.1) is 0 Å². The molecular weight excluding hydrogens is 238 g/mol. The first-order valence-electron chi connectivity index (χ1n) is 7.32. The van der Waals surface area contributed by atoms with Crippen molar-refractivity contribution in [2.75, 3.05) is 49.6 Å². The normalized spacial score (nSPS) is 23.6. The van der Waals surface area contributed by atoms with E-state index in [1.807, 2.05) is 0 Å².